The van der Waals surface area contributed by atoms with E-state index in [-0.39, 0.29) is 17.4 Å². The smallest absolute Gasteiger partial charge is 0.286 e. The van der Waals surface area contributed by atoms with Crippen molar-refractivity contribution in [2.45, 2.75) is 12.8 Å². The predicted molar refractivity (Wildman–Crippen MR) is 93.4 cm³/mol. The van der Waals surface area contributed by atoms with Gasteiger partial charge in [-0.1, -0.05) is 23.8 Å². The molecular formula is C18H15ClN2O3. The molecule has 1 aromatic heterocycles. The molecule has 0 radical (unpaired) electrons. The van der Waals surface area contributed by atoms with Crippen LogP contribution in [0.5, 0.6) is 0 Å². The third-order valence-electron chi connectivity index (χ3n) is 3.68. The molecule has 2 aromatic carbocycles. The maximum absolute atomic E-state index is 12.5. The van der Waals surface area contributed by atoms with Crippen LogP contribution < -0.4 is 11.1 Å². The Labute approximate surface area is 143 Å². The first-order valence-electron chi connectivity index (χ1n) is 7.29. The number of benzene rings is 2. The molecule has 0 unspecified atom stereocenters. The Hall–Kier alpha value is -2.79. The van der Waals surface area contributed by atoms with E-state index in [0.29, 0.717) is 22.4 Å². The monoisotopic (exact) mass is 342 g/mol. The molecule has 1 heterocycles. The van der Waals surface area contributed by atoms with Gasteiger partial charge in [0.1, 0.15) is 11.3 Å². The summed E-state index contributed by atoms with van der Waals surface area (Å²) in [6.45, 7) is 1.91. The van der Waals surface area contributed by atoms with Gasteiger partial charge in [0.05, 0.1) is 0 Å². The first kappa shape index (κ1) is 16.1. The van der Waals surface area contributed by atoms with Gasteiger partial charge in [0, 0.05) is 16.8 Å². The molecule has 6 heteroatoms. The van der Waals surface area contributed by atoms with Gasteiger partial charge in [-0.15, -0.1) is 11.6 Å². The SMILES string of the molecule is Cc1ccc2oc(C(N)=O)c(NC(=O)c3ccc(CCl)cc3)c2c1. The summed E-state index contributed by atoms with van der Waals surface area (Å²) < 4.78 is 5.48. The van der Waals surface area contributed by atoms with Gasteiger partial charge in [-0.3, -0.25) is 9.59 Å². The lowest BCUT2D eigenvalue weighted by Gasteiger charge is -2.06. The maximum atomic E-state index is 12.5. The molecule has 0 saturated carbocycles. The van der Waals surface area contributed by atoms with E-state index in [0.717, 1.165) is 11.1 Å². The Morgan fingerprint density at radius 2 is 1.88 bits per heavy atom. The number of primary amides is 1. The van der Waals surface area contributed by atoms with E-state index in [2.05, 4.69) is 5.32 Å². The number of carbonyl (C=O) groups excluding carboxylic acids is 2. The second-order valence-corrected chi connectivity index (χ2v) is 5.72. The molecule has 3 aromatic rings. The van der Waals surface area contributed by atoms with Crippen molar-refractivity contribution in [3.8, 4) is 0 Å². The fourth-order valence-electron chi connectivity index (χ4n) is 2.44. The number of furan rings is 1. The molecule has 0 bridgehead atoms. The van der Waals surface area contributed by atoms with Crippen LogP contribution in [-0.2, 0) is 5.88 Å². The van der Waals surface area contributed by atoms with Crippen molar-refractivity contribution in [2.75, 3.05) is 5.32 Å². The van der Waals surface area contributed by atoms with Crippen molar-refractivity contribution in [3.05, 3.63) is 64.9 Å². The summed E-state index contributed by atoms with van der Waals surface area (Å²) in [7, 11) is 0. The molecule has 0 spiro atoms. The van der Waals surface area contributed by atoms with E-state index in [1.165, 1.54) is 0 Å². The number of halogens is 1. The van der Waals surface area contributed by atoms with E-state index < -0.39 is 5.91 Å². The Balaban J connectivity index is 2.01. The first-order chi connectivity index (χ1) is 11.5. The average Bonchev–Trinajstić information content (AvgIpc) is 2.93. The van der Waals surface area contributed by atoms with Gasteiger partial charge in [-0.2, -0.15) is 0 Å². The zero-order chi connectivity index (χ0) is 17.3. The number of nitrogens with one attached hydrogen (secondary N) is 1. The number of amides is 2. The fourth-order valence-corrected chi connectivity index (χ4v) is 2.62. The third-order valence-corrected chi connectivity index (χ3v) is 3.98. The second kappa shape index (κ2) is 6.37. The van der Waals surface area contributed by atoms with E-state index in [9.17, 15) is 9.59 Å². The van der Waals surface area contributed by atoms with Crippen LogP contribution >= 0.6 is 11.6 Å². The van der Waals surface area contributed by atoms with Crippen LogP contribution in [0.15, 0.2) is 46.9 Å². The average molecular weight is 343 g/mol. The highest BCUT2D eigenvalue weighted by Gasteiger charge is 2.21. The summed E-state index contributed by atoms with van der Waals surface area (Å²) in [4.78, 5) is 24.1. The highest BCUT2D eigenvalue weighted by Crippen LogP contribution is 2.32. The van der Waals surface area contributed by atoms with E-state index in [4.69, 9.17) is 21.8 Å². The molecule has 5 nitrogen and oxygen atoms in total. The van der Waals surface area contributed by atoms with Crippen LogP contribution in [0.2, 0.25) is 0 Å². The lowest BCUT2D eigenvalue weighted by atomic mass is 10.1. The number of aryl methyl sites for hydroxylation is 1. The summed E-state index contributed by atoms with van der Waals surface area (Å²) in [5.41, 5.74) is 8.47. The van der Waals surface area contributed by atoms with Gasteiger partial charge in [-0.25, -0.2) is 0 Å². The number of fused-ring (bicyclic) bond motifs is 1. The molecule has 122 valence electrons. The molecule has 0 fully saturated rings. The normalized spacial score (nSPS) is 10.8. The van der Waals surface area contributed by atoms with Crippen LogP contribution in [0.3, 0.4) is 0 Å². The standard InChI is InChI=1S/C18H15ClN2O3/c1-10-2-7-14-13(8-10)15(16(24-14)17(20)22)21-18(23)12-5-3-11(9-19)4-6-12/h2-8H,9H2,1H3,(H2,20,22)(H,21,23). The lowest BCUT2D eigenvalue weighted by Crippen LogP contribution is -2.17. The highest BCUT2D eigenvalue weighted by atomic mass is 35.5. The van der Waals surface area contributed by atoms with Crippen molar-refractivity contribution in [2.24, 2.45) is 5.73 Å². The number of carbonyl (C=O) groups is 2. The molecule has 0 atom stereocenters. The fraction of sp³-hybridized carbons (Fsp3) is 0.111. The van der Waals surface area contributed by atoms with Gasteiger partial charge in [-0.05, 0) is 36.8 Å². The summed E-state index contributed by atoms with van der Waals surface area (Å²) in [6, 6.07) is 12.3. The first-order valence-corrected chi connectivity index (χ1v) is 7.82. The molecule has 2 amide bonds. The number of hydrogen-bond donors (Lipinski definition) is 2. The number of alkyl halides is 1. The van der Waals surface area contributed by atoms with Crippen molar-refractivity contribution in [1.29, 1.82) is 0 Å². The number of rotatable bonds is 4. The van der Waals surface area contributed by atoms with Crippen molar-refractivity contribution < 1.29 is 14.0 Å². The largest absolute Gasteiger partial charge is 0.449 e. The zero-order valence-corrected chi connectivity index (χ0v) is 13.7. The Morgan fingerprint density at radius 3 is 2.50 bits per heavy atom. The number of anilines is 1. The van der Waals surface area contributed by atoms with Crippen LogP contribution in [-0.4, -0.2) is 11.8 Å². The van der Waals surface area contributed by atoms with Gasteiger partial charge >= 0.3 is 0 Å². The topological polar surface area (TPSA) is 85.3 Å². The third kappa shape index (κ3) is 2.98. The summed E-state index contributed by atoms with van der Waals surface area (Å²) in [5.74, 6) is -0.792. The van der Waals surface area contributed by atoms with E-state index in [1.807, 2.05) is 19.1 Å². The zero-order valence-electron chi connectivity index (χ0n) is 12.9. The Morgan fingerprint density at radius 1 is 1.17 bits per heavy atom. The van der Waals surface area contributed by atoms with Crippen molar-refractivity contribution in [3.63, 3.8) is 0 Å². The maximum Gasteiger partial charge on any atom is 0.286 e. The van der Waals surface area contributed by atoms with Crippen LogP contribution in [0.1, 0.15) is 32.0 Å². The van der Waals surface area contributed by atoms with Crippen molar-refractivity contribution >= 4 is 40.1 Å². The van der Waals surface area contributed by atoms with Crippen LogP contribution in [0.4, 0.5) is 5.69 Å². The van der Waals surface area contributed by atoms with Crippen LogP contribution in [0.25, 0.3) is 11.0 Å². The van der Waals surface area contributed by atoms with Crippen LogP contribution in [0, 0.1) is 6.92 Å². The Kier molecular flexibility index (Phi) is 4.27. The summed E-state index contributed by atoms with van der Waals surface area (Å²) in [5, 5.41) is 3.36. The minimum Gasteiger partial charge on any atom is -0.449 e. The van der Waals surface area contributed by atoms with Crippen molar-refractivity contribution in [1.82, 2.24) is 0 Å². The molecule has 3 rings (SSSR count). The summed E-state index contributed by atoms with van der Waals surface area (Å²) in [6.07, 6.45) is 0. The second-order valence-electron chi connectivity index (χ2n) is 5.45. The lowest BCUT2D eigenvalue weighted by molar-refractivity contribution is 0.0977. The molecule has 24 heavy (non-hydrogen) atoms. The van der Waals surface area contributed by atoms with Gasteiger partial charge < -0.3 is 15.5 Å². The van der Waals surface area contributed by atoms with Gasteiger partial charge in [0.25, 0.3) is 11.8 Å². The Bertz CT molecular complexity index is 929. The minimum atomic E-state index is -0.739. The quantitative estimate of drug-likeness (QED) is 0.706. The van der Waals surface area contributed by atoms with Gasteiger partial charge in [0.2, 0.25) is 5.76 Å². The molecule has 0 aliphatic carbocycles. The highest BCUT2D eigenvalue weighted by molar-refractivity contribution is 6.17. The van der Waals surface area contributed by atoms with E-state index >= 15 is 0 Å². The minimum absolute atomic E-state index is 0.0682. The number of nitrogens with two attached hydrogens (primary N) is 1. The summed E-state index contributed by atoms with van der Waals surface area (Å²) >= 11 is 5.75. The van der Waals surface area contributed by atoms with Gasteiger partial charge in [0.15, 0.2) is 0 Å². The molecule has 0 aliphatic rings. The number of hydrogen-bond acceptors (Lipinski definition) is 3. The molecule has 0 aliphatic heterocycles. The van der Waals surface area contributed by atoms with E-state index in [1.54, 1.807) is 30.3 Å². The predicted octanol–water partition coefficient (Wildman–Crippen LogP) is 3.83. The molecule has 0 saturated heterocycles. The molecular weight excluding hydrogens is 328 g/mol. The molecule has 3 N–H and O–H groups in total.